The molecule has 1 aliphatic rings. The number of rotatable bonds is 7. The number of ether oxygens (including phenoxy) is 2. The van der Waals surface area contributed by atoms with Gasteiger partial charge in [-0.25, -0.2) is 9.98 Å². The molecule has 0 bridgehead atoms. The predicted molar refractivity (Wildman–Crippen MR) is 116 cm³/mol. The molecule has 1 aromatic carbocycles. The molecule has 2 heterocycles. The quantitative estimate of drug-likeness (QED) is 0.572. The van der Waals surface area contributed by atoms with Gasteiger partial charge < -0.3 is 24.3 Å². The lowest BCUT2D eigenvalue weighted by Gasteiger charge is -2.39. The third-order valence-corrected chi connectivity index (χ3v) is 5.36. The summed E-state index contributed by atoms with van der Waals surface area (Å²) in [5.74, 6) is 3.21. The summed E-state index contributed by atoms with van der Waals surface area (Å²) in [5.41, 5.74) is 0. The molecule has 29 heavy (non-hydrogen) atoms. The van der Waals surface area contributed by atoms with Crippen LogP contribution in [-0.4, -0.2) is 59.8 Å². The number of hydrogen-bond donors (Lipinski definition) is 1. The van der Waals surface area contributed by atoms with Crippen molar-refractivity contribution in [3.63, 3.8) is 0 Å². The lowest BCUT2D eigenvalue weighted by molar-refractivity contribution is 0.187. The summed E-state index contributed by atoms with van der Waals surface area (Å²) in [6.07, 6.45) is 6.93. The summed E-state index contributed by atoms with van der Waals surface area (Å²) in [7, 11) is 1.66. The van der Waals surface area contributed by atoms with Gasteiger partial charge in [-0.3, -0.25) is 0 Å². The standard InChI is InChI=1S/C22H33N5O2/c1-5-24-22(25-14-18(3)29-20-8-6-19(28-4)7-9-20)26-12-10-17(2)21(15-26)27-13-11-23-16-27/h6-9,11,13,16-18,21H,5,10,12,14-15H2,1-4H3,(H,24,25). The smallest absolute Gasteiger partial charge is 0.194 e. The van der Waals surface area contributed by atoms with Gasteiger partial charge in [-0.1, -0.05) is 6.92 Å². The average Bonchev–Trinajstić information content (AvgIpc) is 3.27. The van der Waals surface area contributed by atoms with Crippen LogP contribution in [0.1, 0.15) is 33.2 Å². The van der Waals surface area contributed by atoms with Gasteiger partial charge in [0.25, 0.3) is 0 Å². The first kappa shape index (κ1) is 21.0. The number of guanidine groups is 1. The van der Waals surface area contributed by atoms with E-state index >= 15 is 0 Å². The van der Waals surface area contributed by atoms with Crippen molar-refractivity contribution in [1.82, 2.24) is 19.8 Å². The number of hydrogen-bond acceptors (Lipinski definition) is 4. The molecule has 3 unspecified atom stereocenters. The van der Waals surface area contributed by atoms with Gasteiger partial charge in [0, 0.05) is 32.0 Å². The minimum Gasteiger partial charge on any atom is -0.497 e. The largest absolute Gasteiger partial charge is 0.497 e. The van der Waals surface area contributed by atoms with Gasteiger partial charge in [-0.15, -0.1) is 0 Å². The molecule has 1 fully saturated rings. The second-order valence-corrected chi connectivity index (χ2v) is 7.59. The van der Waals surface area contributed by atoms with Crippen molar-refractivity contribution in [3.05, 3.63) is 43.0 Å². The molecule has 1 N–H and O–H groups in total. The predicted octanol–water partition coefficient (Wildman–Crippen LogP) is 3.21. The lowest BCUT2D eigenvalue weighted by Crippen LogP contribution is -2.49. The molecule has 3 rings (SSSR count). The maximum Gasteiger partial charge on any atom is 0.194 e. The van der Waals surface area contributed by atoms with E-state index in [4.69, 9.17) is 14.5 Å². The molecule has 7 heteroatoms. The molecule has 0 aliphatic carbocycles. The summed E-state index contributed by atoms with van der Waals surface area (Å²) in [6, 6.07) is 8.06. The number of imidazole rings is 1. The van der Waals surface area contributed by atoms with Crippen LogP contribution in [0.4, 0.5) is 0 Å². The zero-order valence-electron chi connectivity index (χ0n) is 17.9. The SMILES string of the molecule is CCNC(=NCC(C)Oc1ccc(OC)cc1)N1CCC(C)C(n2ccnc2)C1. The van der Waals surface area contributed by atoms with Crippen LogP contribution in [0.5, 0.6) is 11.5 Å². The zero-order valence-corrected chi connectivity index (χ0v) is 17.9. The fraction of sp³-hybridized carbons (Fsp3) is 0.545. The fourth-order valence-corrected chi connectivity index (χ4v) is 3.66. The number of nitrogens with zero attached hydrogens (tertiary/aromatic N) is 4. The molecule has 2 aromatic rings. The number of nitrogens with one attached hydrogen (secondary N) is 1. The second-order valence-electron chi connectivity index (χ2n) is 7.59. The first-order chi connectivity index (χ1) is 14.1. The second kappa shape index (κ2) is 10.2. The Morgan fingerprint density at radius 2 is 2.07 bits per heavy atom. The van der Waals surface area contributed by atoms with Crippen LogP contribution in [-0.2, 0) is 0 Å². The van der Waals surface area contributed by atoms with Crippen LogP contribution in [0.3, 0.4) is 0 Å². The van der Waals surface area contributed by atoms with E-state index in [9.17, 15) is 0 Å². The van der Waals surface area contributed by atoms with Crippen molar-refractivity contribution < 1.29 is 9.47 Å². The topological polar surface area (TPSA) is 63.9 Å². The molecule has 7 nitrogen and oxygen atoms in total. The van der Waals surface area contributed by atoms with Crippen LogP contribution in [0.15, 0.2) is 48.0 Å². The molecule has 0 amide bonds. The highest BCUT2D eigenvalue weighted by Crippen LogP contribution is 2.27. The Hall–Kier alpha value is -2.70. The van der Waals surface area contributed by atoms with Gasteiger partial charge >= 0.3 is 0 Å². The van der Waals surface area contributed by atoms with E-state index in [1.54, 1.807) is 7.11 Å². The van der Waals surface area contributed by atoms with Crippen molar-refractivity contribution >= 4 is 5.96 Å². The lowest BCUT2D eigenvalue weighted by atomic mass is 9.93. The van der Waals surface area contributed by atoms with Gasteiger partial charge in [0.05, 0.1) is 26.0 Å². The molecular formula is C22H33N5O2. The molecule has 0 spiro atoms. The van der Waals surface area contributed by atoms with Crippen LogP contribution in [0, 0.1) is 5.92 Å². The van der Waals surface area contributed by atoms with Crippen molar-refractivity contribution in [2.45, 2.75) is 39.3 Å². The Morgan fingerprint density at radius 1 is 1.31 bits per heavy atom. The first-order valence-electron chi connectivity index (χ1n) is 10.4. The van der Waals surface area contributed by atoms with Crippen molar-refractivity contribution in [2.75, 3.05) is 33.3 Å². The van der Waals surface area contributed by atoms with E-state index in [0.29, 0.717) is 18.5 Å². The summed E-state index contributed by atoms with van der Waals surface area (Å²) < 4.78 is 13.4. The van der Waals surface area contributed by atoms with Gasteiger partial charge in [0.2, 0.25) is 0 Å². The van der Waals surface area contributed by atoms with E-state index in [0.717, 1.165) is 43.5 Å². The molecule has 1 aliphatic heterocycles. The Bertz CT molecular complexity index is 760. The molecule has 1 aromatic heterocycles. The van der Waals surface area contributed by atoms with Gasteiger partial charge in [-0.05, 0) is 50.5 Å². The highest BCUT2D eigenvalue weighted by Gasteiger charge is 2.28. The van der Waals surface area contributed by atoms with Crippen LogP contribution < -0.4 is 14.8 Å². The number of aliphatic imine (C=N–C) groups is 1. The minimum atomic E-state index is -0.0230. The van der Waals surface area contributed by atoms with Crippen molar-refractivity contribution in [3.8, 4) is 11.5 Å². The van der Waals surface area contributed by atoms with E-state index < -0.39 is 0 Å². The highest BCUT2D eigenvalue weighted by molar-refractivity contribution is 5.80. The van der Waals surface area contributed by atoms with Crippen LogP contribution in [0.2, 0.25) is 0 Å². The molecule has 1 saturated heterocycles. The Balaban J connectivity index is 1.62. The summed E-state index contributed by atoms with van der Waals surface area (Å²) in [4.78, 5) is 11.4. The maximum absolute atomic E-state index is 6.01. The van der Waals surface area contributed by atoms with Crippen molar-refractivity contribution in [1.29, 1.82) is 0 Å². The van der Waals surface area contributed by atoms with Gasteiger partial charge in [0.15, 0.2) is 5.96 Å². The van der Waals surface area contributed by atoms with E-state index in [1.807, 2.05) is 43.7 Å². The van der Waals surface area contributed by atoms with E-state index in [2.05, 4.69) is 39.8 Å². The minimum absolute atomic E-state index is 0.0230. The molecule has 0 saturated carbocycles. The number of piperidine rings is 1. The summed E-state index contributed by atoms with van der Waals surface area (Å²) in [5, 5.41) is 3.45. The zero-order chi connectivity index (χ0) is 20.6. The Morgan fingerprint density at radius 3 is 2.72 bits per heavy atom. The Labute approximate surface area is 173 Å². The summed E-state index contributed by atoms with van der Waals surface area (Å²) >= 11 is 0. The Kier molecular flexibility index (Phi) is 7.38. The number of methoxy groups -OCH3 is 1. The average molecular weight is 400 g/mol. The first-order valence-corrected chi connectivity index (χ1v) is 10.4. The van der Waals surface area contributed by atoms with Gasteiger partial charge in [0.1, 0.15) is 17.6 Å². The number of benzene rings is 1. The normalized spacial score (nSPS) is 21.0. The van der Waals surface area contributed by atoms with Crippen LogP contribution in [0.25, 0.3) is 0 Å². The highest BCUT2D eigenvalue weighted by atomic mass is 16.5. The molecule has 158 valence electrons. The van der Waals surface area contributed by atoms with Crippen molar-refractivity contribution in [2.24, 2.45) is 10.9 Å². The van der Waals surface area contributed by atoms with E-state index in [1.165, 1.54) is 0 Å². The van der Waals surface area contributed by atoms with Crippen LogP contribution >= 0.6 is 0 Å². The number of likely N-dealkylation sites (tertiary alicyclic amines) is 1. The fourth-order valence-electron chi connectivity index (χ4n) is 3.66. The molecule has 0 radical (unpaired) electrons. The maximum atomic E-state index is 6.01. The van der Waals surface area contributed by atoms with Gasteiger partial charge in [-0.2, -0.15) is 0 Å². The monoisotopic (exact) mass is 399 g/mol. The molecule has 3 atom stereocenters. The number of aromatic nitrogens is 2. The summed E-state index contributed by atoms with van der Waals surface area (Å²) in [6.45, 7) is 9.83. The third kappa shape index (κ3) is 5.65. The van der Waals surface area contributed by atoms with E-state index in [-0.39, 0.29) is 6.10 Å². The molecular weight excluding hydrogens is 366 g/mol. The third-order valence-electron chi connectivity index (χ3n) is 5.36.